The van der Waals surface area contributed by atoms with Crippen molar-refractivity contribution in [3.63, 3.8) is 0 Å². The Hall–Kier alpha value is -3.65. The lowest BCUT2D eigenvalue weighted by Crippen LogP contribution is -2.28. The van der Waals surface area contributed by atoms with Gasteiger partial charge >= 0.3 is 5.97 Å². The molecule has 8 heteroatoms. The first kappa shape index (κ1) is 22.5. The Morgan fingerprint density at radius 3 is 2.48 bits per heavy atom. The molecule has 168 valence electrons. The summed E-state index contributed by atoms with van der Waals surface area (Å²) in [6.45, 7) is 4.40. The highest BCUT2D eigenvalue weighted by Gasteiger charge is 2.32. The normalized spacial score (nSPS) is 16.1. The number of nitrogens with zero attached hydrogens (tertiary/aromatic N) is 2. The van der Waals surface area contributed by atoms with Crippen LogP contribution in [0.15, 0.2) is 75.0 Å². The Bertz CT molecular complexity index is 1230. The quantitative estimate of drug-likeness (QED) is 0.336. The standard InChI is InChI=1S/C25H21FN2O4S/c1-3-28-23(29)22(33-25(28)27-19-11-9-18(26)10-12-19)15-20-13-14-21(32-20)16-5-7-17(8-6-16)24(30)31-4-2/h5-15H,3-4H2,1-2H3/b22-15+,27-25?. The van der Waals surface area contributed by atoms with Crippen LogP contribution in [0.3, 0.4) is 0 Å². The lowest BCUT2D eigenvalue weighted by molar-refractivity contribution is -0.122. The van der Waals surface area contributed by atoms with Crippen molar-refractivity contribution in [2.24, 2.45) is 4.99 Å². The number of amides is 1. The summed E-state index contributed by atoms with van der Waals surface area (Å²) in [5.41, 5.74) is 1.83. The molecule has 1 fully saturated rings. The van der Waals surface area contributed by atoms with Crippen molar-refractivity contribution in [3.8, 4) is 11.3 Å². The summed E-state index contributed by atoms with van der Waals surface area (Å²) in [5, 5.41) is 0.529. The van der Waals surface area contributed by atoms with Crippen molar-refractivity contribution in [1.29, 1.82) is 0 Å². The van der Waals surface area contributed by atoms with Crippen molar-refractivity contribution < 1.29 is 23.1 Å². The van der Waals surface area contributed by atoms with E-state index in [9.17, 15) is 14.0 Å². The Balaban J connectivity index is 1.54. The first-order chi connectivity index (χ1) is 16.0. The van der Waals surface area contributed by atoms with E-state index in [4.69, 9.17) is 9.15 Å². The summed E-state index contributed by atoms with van der Waals surface area (Å²) in [6.07, 6.45) is 1.68. The van der Waals surface area contributed by atoms with Gasteiger partial charge in [-0.3, -0.25) is 9.69 Å². The Labute approximate surface area is 194 Å². The molecule has 2 heterocycles. The van der Waals surface area contributed by atoms with Crippen LogP contribution in [0.25, 0.3) is 17.4 Å². The van der Waals surface area contributed by atoms with E-state index in [0.717, 1.165) is 5.56 Å². The van der Waals surface area contributed by atoms with Crippen LogP contribution in [-0.2, 0) is 9.53 Å². The molecule has 0 bridgehead atoms. The predicted molar refractivity (Wildman–Crippen MR) is 127 cm³/mol. The van der Waals surface area contributed by atoms with Gasteiger partial charge in [0.2, 0.25) is 0 Å². The van der Waals surface area contributed by atoms with Gasteiger partial charge in [-0.1, -0.05) is 12.1 Å². The van der Waals surface area contributed by atoms with E-state index >= 15 is 0 Å². The zero-order chi connectivity index (χ0) is 23.4. The number of furan rings is 1. The number of amidine groups is 1. The summed E-state index contributed by atoms with van der Waals surface area (Å²) >= 11 is 1.24. The van der Waals surface area contributed by atoms with Crippen molar-refractivity contribution in [2.45, 2.75) is 13.8 Å². The van der Waals surface area contributed by atoms with Gasteiger partial charge in [-0.25, -0.2) is 14.2 Å². The molecule has 0 unspecified atom stereocenters. The summed E-state index contributed by atoms with van der Waals surface area (Å²) < 4.78 is 24.1. The van der Waals surface area contributed by atoms with Crippen molar-refractivity contribution in [3.05, 3.63) is 82.7 Å². The van der Waals surface area contributed by atoms with Crippen molar-refractivity contribution >= 4 is 40.6 Å². The van der Waals surface area contributed by atoms with E-state index in [-0.39, 0.29) is 17.7 Å². The van der Waals surface area contributed by atoms with Crippen LogP contribution in [0, 0.1) is 5.82 Å². The van der Waals surface area contributed by atoms with Crippen LogP contribution < -0.4 is 0 Å². The predicted octanol–water partition coefficient (Wildman–Crippen LogP) is 5.89. The molecule has 4 rings (SSSR count). The van der Waals surface area contributed by atoms with Crippen LogP contribution in [-0.4, -0.2) is 35.1 Å². The van der Waals surface area contributed by atoms with Gasteiger partial charge in [0.05, 0.1) is 22.8 Å². The number of esters is 1. The minimum atomic E-state index is -0.371. The molecular formula is C25H21FN2O4S. The van der Waals surface area contributed by atoms with Crippen molar-refractivity contribution in [1.82, 2.24) is 4.90 Å². The number of hydrogen-bond acceptors (Lipinski definition) is 6. The van der Waals surface area contributed by atoms with E-state index in [0.29, 0.717) is 46.0 Å². The fourth-order valence-corrected chi connectivity index (χ4v) is 4.24. The molecule has 6 nitrogen and oxygen atoms in total. The van der Waals surface area contributed by atoms with Gasteiger partial charge in [-0.05, 0) is 74.1 Å². The van der Waals surface area contributed by atoms with E-state index in [1.807, 2.05) is 6.92 Å². The number of ether oxygens (including phenoxy) is 1. The third-order valence-corrected chi connectivity index (χ3v) is 5.84. The fraction of sp³-hybridized carbons (Fsp3) is 0.160. The molecule has 0 radical (unpaired) electrons. The minimum Gasteiger partial charge on any atom is -0.462 e. The van der Waals surface area contributed by atoms with Gasteiger partial charge in [0.1, 0.15) is 17.3 Å². The highest BCUT2D eigenvalue weighted by Crippen LogP contribution is 2.35. The smallest absolute Gasteiger partial charge is 0.338 e. The van der Waals surface area contributed by atoms with Crippen LogP contribution in [0.2, 0.25) is 0 Å². The molecule has 1 saturated heterocycles. The third kappa shape index (κ3) is 5.06. The zero-order valence-corrected chi connectivity index (χ0v) is 18.9. The molecule has 1 aliphatic rings. The fourth-order valence-electron chi connectivity index (χ4n) is 3.20. The van der Waals surface area contributed by atoms with Gasteiger partial charge in [-0.2, -0.15) is 0 Å². The van der Waals surface area contributed by atoms with E-state index in [1.165, 1.54) is 23.9 Å². The first-order valence-electron chi connectivity index (χ1n) is 10.4. The topological polar surface area (TPSA) is 72.1 Å². The van der Waals surface area contributed by atoms with E-state index < -0.39 is 0 Å². The maximum Gasteiger partial charge on any atom is 0.338 e. The van der Waals surface area contributed by atoms with Crippen LogP contribution in [0.5, 0.6) is 0 Å². The number of hydrogen-bond donors (Lipinski definition) is 0. The average molecular weight is 465 g/mol. The maximum absolute atomic E-state index is 13.2. The minimum absolute atomic E-state index is 0.167. The highest BCUT2D eigenvalue weighted by atomic mass is 32.2. The molecule has 3 aromatic rings. The zero-order valence-electron chi connectivity index (χ0n) is 18.1. The second-order valence-electron chi connectivity index (χ2n) is 7.03. The molecule has 1 amide bonds. The van der Waals surface area contributed by atoms with Crippen LogP contribution in [0.4, 0.5) is 10.1 Å². The summed E-state index contributed by atoms with van der Waals surface area (Å²) in [6, 6.07) is 16.3. The van der Waals surface area contributed by atoms with Crippen LogP contribution >= 0.6 is 11.8 Å². The second kappa shape index (κ2) is 9.87. The number of halogens is 1. The summed E-state index contributed by atoms with van der Waals surface area (Å²) in [7, 11) is 0. The molecule has 1 aromatic heterocycles. The van der Waals surface area contributed by atoms with Gasteiger partial charge in [-0.15, -0.1) is 0 Å². The molecular weight excluding hydrogens is 443 g/mol. The molecule has 0 N–H and O–H groups in total. The van der Waals surface area contributed by atoms with Gasteiger partial charge in [0.25, 0.3) is 5.91 Å². The number of rotatable bonds is 6. The molecule has 0 aliphatic carbocycles. The van der Waals surface area contributed by atoms with Gasteiger partial charge in [0, 0.05) is 18.2 Å². The number of aliphatic imine (C=N–C) groups is 1. The number of thioether (sulfide) groups is 1. The summed E-state index contributed by atoms with van der Waals surface area (Å²) in [4.78, 5) is 31.2. The molecule has 0 spiro atoms. The molecule has 1 aliphatic heterocycles. The lowest BCUT2D eigenvalue weighted by Gasteiger charge is -2.11. The van der Waals surface area contributed by atoms with E-state index in [2.05, 4.69) is 4.99 Å². The second-order valence-corrected chi connectivity index (χ2v) is 8.04. The largest absolute Gasteiger partial charge is 0.462 e. The monoisotopic (exact) mass is 464 g/mol. The third-order valence-electron chi connectivity index (χ3n) is 4.84. The number of likely N-dealkylation sites (N-methyl/N-ethyl adjacent to an activating group) is 1. The van der Waals surface area contributed by atoms with Crippen molar-refractivity contribution in [2.75, 3.05) is 13.2 Å². The molecule has 0 atom stereocenters. The van der Waals surface area contributed by atoms with Gasteiger partial charge < -0.3 is 9.15 Å². The Morgan fingerprint density at radius 2 is 1.82 bits per heavy atom. The number of carbonyl (C=O) groups is 2. The summed E-state index contributed by atoms with van der Waals surface area (Å²) in [5.74, 6) is 0.255. The number of carbonyl (C=O) groups excluding carboxylic acids is 2. The molecule has 2 aromatic carbocycles. The van der Waals surface area contributed by atoms with Gasteiger partial charge in [0.15, 0.2) is 5.17 Å². The highest BCUT2D eigenvalue weighted by molar-refractivity contribution is 8.18. The first-order valence-corrected chi connectivity index (χ1v) is 11.2. The molecule has 0 saturated carbocycles. The van der Waals surface area contributed by atoms with Crippen LogP contribution in [0.1, 0.15) is 30.0 Å². The Kier molecular flexibility index (Phi) is 6.74. The Morgan fingerprint density at radius 1 is 1.09 bits per heavy atom. The average Bonchev–Trinajstić information content (AvgIpc) is 3.40. The lowest BCUT2D eigenvalue weighted by atomic mass is 10.1. The SMILES string of the molecule is CCOC(=O)c1ccc(-c2ccc(/C=C3/SC(=Nc4ccc(F)cc4)N(CC)C3=O)o2)cc1. The number of benzene rings is 2. The molecule has 33 heavy (non-hydrogen) atoms. The van der Waals surface area contributed by atoms with E-state index in [1.54, 1.807) is 66.4 Å². The maximum atomic E-state index is 13.2.